The number of aryl methyl sites for hydroxylation is 3. The molecule has 0 aliphatic carbocycles. The summed E-state index contributed by atoms with van der Waals surface area (Å²) in [6.07, 6.45) is 1.98. The van der Waals surface area contributed by atoms with Crippen LogP contribution in [0, 0.1) is 13.8 Å². The largest absolute Gasteiger partial charge is 0.440 e. The molecule has 0 aliphatic rings. The highest BCUT2D eigenvalue weighted by atomic mass is 32.1. The van der Waals surface area contributed by atoms with Gasteiger partial charge in [0.1, 0.15) is 11.5 Å². The third kappa shape index (κ3) is 2.03. The molecular formula is C16H14N4OS. The minimum atomic E-state index is 0.642. The molecule has 0 unspecified atom stereocenters. The Morgan fingerprint density at radius 2 is 2.09 bits per heavy atom. The van der Waals surface area contributed by atoms with E-state index in [1.807, 2.05) is 43.7 Å². The summed E-state index contributed by atoms with van der Waals surface area (Å²) < 4.78 is 7.58. The normalized spacial score (nSPS) is 11.4. The van der Waals surface area contributed by atoms with E-state index in [2.05, 4.69) is 22.0 Å². The molecule has 0 saturated carbocycles. The van der Waals surface area contributed by atoms with Gasteiger partial charge < -0.3 is 4.42 Å². The smallest absolute Gasteiger partial charge is 0.237 e. The number of oxazole rings is 1. The van der Waals surface area contributed by atoms with Gasteiger partial charge in [0, 0.05) is 18.6 Å². The summed E-state index contributed by atoms with van der Waals surface area (Å²) in [6.45, 7) is 3.98. The Morgan fingerprint density at radius 1 is 1.23 bits per heavy atom. The Bertz CT molecular complexity index is 966. The minimum Gasteiger partial charge on any atom is -0.440 e. The van der Waals surface area contributed by atoms with Crippen LogP contribution in [0.1, 0.15) is 11.3 Å². The van der Waals surface area contributed by atoms with Gasteiger partial charge in [-0.1, -0.05) is 6.07 Å². The molecule has 0 fully saturated rings. The summed E-state index contributed by atoms with van der Waals surface area (Å²) in [5.41, 5.74) is 3.44. The van der Waals surface area contributed by atoms with E-state index < -0.39 is 0 Å². The van der Waals surface area contributed by atoms with Gasteiger partial charge in [-0.25, -0.2) is 9.97 Å². The van der Waals surface area contributed by atoms with Gasteiger partial charge in [-0.05, 0) is 36.9 Å². The van der Waals surface area contributed by atoms with Gasteiger partial charge in [-0.2, -0.15) is 5.10 Å². The van der Waals surface area contributed by atoms with Crippen molar-refractivity contribution in [2.24, 2.45) is 7.05 Å². The molecule has 4 rings (SSSR count). The van der Waals surface area contributed by atoms with Crippen molar-refractivity contribution in [1.29, 1.82) is 0 Å². The number of fused-ring (bicyclic) bond motifs is 1. The van der Waals surface area contributed by atoms with Crippen molar-refractivity contribution in [2.45, 2.75) is 13.8 Å². The average molecular weight is 310 g/mol. The molecule has 0 bridgehead atoms. The van der Waals surface area contributed by atoms with Crippen LogP contribution in [0.25, 0.3) is 33.2 Å². The maximum absolute atomic E-state index is 5.80. The number of thiophene rings is 1. The van der Waals surface area contributed by atoms with E-state index in [-0.39, 0.29) is 0 Å². The summed E-state index contributed by atoms with van der Waals surface area (Å²) in [5.74, 6) is 1.41. The third-order valence-corrected chi connectivity index (χ3v) is 4.44. The van der Waals surface area contributed by atoms with Gasteiger partial charge in [0.2, 0.25) is 5.89 Å². The first-order valence-corrected chi connectivity index (χ1v) is 7.82. The minimum absolute atomic E-state index is 0.642. The molecule has 0 aromatic carbocycles. The molecule has 0 atom stereocenters. The Kier molecular flexibility index (Phi) is 2.87. The van der Waals surface area contributed by atoms with Crippen molar-refractivity contribution in [2.75, 3.05) is 0 Å². The number of nitrogens with zero attached hydrogens (tertiary/aromatic N) is 4. The van der Waals surface area contributed by atoms with Gasteiger partial charge in [0.15, 0.2) is 5.65 Å². The van der Waals surface area contributed by atoms with Crippen LogP contribution >= 0.6 is 11.3 Å². The van der Waals surface area contributed by atoms with Crippen LogP contribution in [0.4, 0.5) is 0 Å². The fourth-order valence-electron chi connectivity index (χ4n) is 2.53. The zero-order valence-electron chi connectivity index (χ0n) is 12.5. The summed E-state index contributed by atoms with van der Waals surface area (Å²) in [5, 5.41) is 7.47. The van der Waals surface area contributed by atoms with Crippen LogP contribution in [-0.2, 0) is 7.05 Å². The number of pyridine rings is 1. The fourth-order valence-corrected chi connectivity index (χ4v) is 3.18. The first-order valence-electron chi connectivity index (χ1n) is 6.94. The highest BCUT2D eigenvalue weighted by molar-refractivity contribution is 7.13. The first kappa shape index (κ1) is 13.2. The van der Waals surface area contributed by atoms with Crippen LogP contribution in [0.5, 0.6) is 0 Å². The molecule has 0 N–H and O–H groups in total. The highest BCUT2D eigenvalue weighted by Gasteiger charge is 2.17. The van der Waals surface area contributed by atoms with Crippen LogP contribution in [0.15, 0.2) is 34.2 Å². The zero-order valence-corrected chi connectivity index (χ0v) is 13.3. The van der Waals surface area contributed by atoms with Gasteiger partial charge >= 0.3 is 0 Å². The maximum Gasteiger partial charge on any atom is 0.237 e. The SMILES string of the molecule is Cc1oc(-c2cccs2)nc1-c1cc(C)c2cn(C)nc2n1. The molecule has 22 heavy (non-hydrogen) atoms. The van der Waals surface area contributed by atoms with E-state index in [4.69, 9.17) is 4.42 Å². The summed E-state index contributed by atoms with van der Waals surface area (Å²) >= 11 is 1.61. The highest BCUT2D eigenvalue weighted by Crippen LogP contribution is 2.31. The van der Waals surface area contributed by atoms with Gasteiger partial charge in [-0.15, -0.1) is 11.3 Å². The molecule has 4 heterocycles. The molecule has 0 spiro atoms. The zero-order chi connectivity index (χ0) is 15.3. The monoisotopic (exact) mass is 310 g/mol. The van der Waals surface area contributed by atoms with Gasteiger partial charge in [0.05, 0.1) is 10.6 Å². The Morgan fingerprint density at radius 3 is 2.86 bits per heavy atom. The van der Waals surface area contributed by atoms with E-state index >= 15 is 0 Å². The number of hydrogen-bond acceptors (Lipinski definition) is 5. The molecule has 0 aliphatic heterocycles. The quantitative estimate of drug-likeness (QED) is 0.562. The number of rotatable bonds is 2. The fraction of sp³-hybridized carbons (Fsp3) is 0.188. The Balaban J connectivity index is 1.88. The molecule has 0 amide bonds. The molecule has 5 nitrogen and oxygen atoms in total. The predicted octanol–water partition coefficient (Wildman–Crippen LogP) is 3.97. The standard InChI is InChI=1S/C16H14N4OS/c1-9-7-12(17-15-11(9)8-20(3)19-15)14-10(2)21-16(18-14)13-5-4-6-22-13/h4-8H,1-3H3. The second-order valence-corrected chi connectivity index (χ2v) is 6.21. The van der Waals surface area contributed by atoms with E-state index in [0.717, 1.165) is 38.6 Å². The van der Waals surface area contributed by atoms with Crippen molar-refractivity contribution < 1.29 is 4.42 Å². The van der Waals surface area contributed by atoms with E-state index in [9.17, 15) is 0 Å². The third-order valence-electron chi connectivity index (χ3n) is 3.58. The van der Waals surface area contributed by atoms with Crippen molar-refractivity contribution in [3.8, 4) is 22.2 Å². The van der Waals surface area contributed by atoms with Crippen LogP contribution in [0.3, 0.4) is 0 Å². The van der Waals surface area contributed by atoms with Crippen LogP contribution < -0.4 is 0 Å². The predicted molar refractivity (Wildman–Crippen MR) is 86.8 cm³/mol. The lowest BCUT2D eigenvalue weighted by molar-refractivity contribution is 0.544. The van der Waals surface area contributed by atoms with Crippen molar-refractivity contribution in [3.05, 3.63) is 41.1 Å². The average Bonchev–Trinajstić information content (AvgIpc) is 3.16. The van der Waals surface area contributed by atoms with Crippen LogP contribution in [0.2, 0.25) is 0 Å². The van der Waals surface area contributed by atoms with Crippen molar-refractivity contribution in [3.63, 3.8) is 0 Å². The first-order chi connectivity index (χ1) is 10.6. The summed E-state index contributed by atoms with van der Waals surface area (Å²) in [7, 11) is 1.90. The molecule has 6 heteroatoms. The second kappa shape index (κ2) is 4.78. The molecular weight excluding hydrogens is 296 g/mol. The number of hydrogen-bond donors (Lipinski definition) is 0. The molecule has 0 saturated heterocycles. The lowest BCUT2D eigenvalue weighted by Gasteiger charge is -2.00. The van der Waals surface area contributed by atoms with Crippen molar-refractivity contribution in [1.82, 2.24) is 19.7 Å². The number of aromatic nitrogens is 4. The molecule has 110 valence electrons. The lowest BCUT2D eigenvalue weighted by Crippen LogP contribution is -1.90. The Labute approximate surface area is 131 Å². The molecule has 0 radical (unpaired) electrons. The topological polar surface area (TPSA) is 56.7 Å². The molecule has 4 aromatic rings. The van der Waals surface area contributed by atoms with Gasteiger partial charge in [-0.3, -0.25) is 4.68 Å². The lowest BCUT2D eigenvalue weighted by atomic mass is 10.1. The van der Waals surface area contributed by atoms with Crippen molar-refractivity contribution >= 4 is 22.4 Å². The molecule has 4 aromatic heterocycles. The van der Waals surface area contributed by atoms with Crippen LogP contribution in [-0.4, -0.2) is 19.7 Å². The second-order valence-electron chi connectivity index (χ2n) is 5.27. The van der Waals surface area contributed by atoms with Gasteiger partial charge in [0.25, 0.3) is 0 Å². The summed E-state index contributed by atoms with van der Waals surface area (Å²) in [6, 6.07) is 6.02. The summed E-state index contributed by atoms with van der Waals surface area (Å²) in [4.78, 5) is 10.3. The Hall–Kier alpha value is -2.47. The van der Waals surface area contributed by atoms with E-state index in [1.54, 1.807) is 16.0 Å². The maximum atomic E-state index is 5.80. The van der Waals surface area contributed by atoms with E-state index in [1.165, 1.54) is 0 Å². The van der Waals surface area contributed by atoms with E-state index in [0.29, 0.717) is 5.89 Å².